The summed E-state index contributed by atoms with van der Waals surface area (Å²) in [6.45, 7) is 0. The van der Waals surface area contributed by atoms with E-state index in [0.717, 1.165) is 39.0 Å². The van der Waals surface area contributed by atoms with Crippen LogP contribution in [0.3, 0.4) is 0 Å². The highest BCUT2D eigenvalue weighted by Gasteiger charge is 2.19. The lowest BCUT2D eigenvalue weighted by molar-refractivity contribution is 0.673. The molecule has 0 aliphatic rings. The molecule has 10 rings (SSSR count). The predicted octanol–water partition coefficient (Wildman–Crippen LogP) is 13.9. The second kappa shape index (κ2) is 11.2. The van der Waals surface area contributed by atoms with Gasteiger partial charge in [-0.1, -0.05) is 109 Å². The normalized spacial score (nSPS) is 11.7. The summed E-state index contributed by atoms with van der Waals surface area (Å²) in [4.78, 5) is 2.36. The Kier molecular flexibility index (Phi) is 6.39. The standard InChI is InChI=1S/C46H29NOS/c1-3-9-30(10-4-1)32-15-19-36(20-16-32)47(37-21-17-33(18-22-37)31-11-5-2-6-12-31)38-23-25-43-41(29-38)45-44(49-43)26-24-39-40-27-34-13-7-8-14-35(34)28-42(40)48-46(39)45/h1-29H. The van der Waals surface area contributed by atoms with Crippen molar-refractivity contribution in [3.63, 3.8) is 0 Å². The third kappa shape index (κ3) is 4.70. The topological polar surface area (TPSA) is 16.4 Å². The maximum Gasteiger partial charge on any atom is 0.144 e. The van der Waals surface area contributed by atoms with Gasteiger partial charge in [-0.2, -0.15) is 0 Å². The minimum absolute atomic E-state index is 0.926. The van der Waals surface area contributed by atoms with Crippen LogP contribution in [0.15, 0.2) is 180 Å². The summed E-state index contributed by atoms with van der Waals surface area (Å²) in [5, 5.41) is 7.11. The fraction of sp³-hybridized carbons (Fsp3) is 0. The molecule has 2 heterocycles. The molecule has 0 amide bonds. The van der Waals surface area contributed by atoms with Gasteiger partial charge in [0.25, 0.3) is 0 Å². The van der Waals surface area contributed by atoms with E-state index in [4.69, 9.17) is 4.42 Å². The fourth-order valence-electron chi connectivity index (χ4n) is 7.22. The summed E-state index contributed by atoms with van der Waals surface area (Å²) in [5.74, 6) is 0. The number of fused-ring (bicyclic) bond motifs is 8. The molecule has 2 aromatic heterocycles. The molecule has 0 aliphatic carbocycles. The van der Waals surface area contributed by atoms with Crippen molar-refractivity contribution in [2.24, 2.45) is 0 Å². The van der Waals surface area contributed by atoms with E-state index in [2.05, 4.69) is 181 Å². The van der Waals surface area contributed by atoms with Gasteiger partial charge >= 0.3 is 0 Å². The van der Waals surface area contributed by atoms with Gasteiger partial charge in [0.2, 0.25) is 0 Å². The van der Waals surface area contributed by atoms with Crippen LogP contribution in [0.5, 0.6) is 0 Å². The summed E-state index contributed by atoms with van der Waals surface area (Å²) in [6, 6.07) is 63.2. The van der Waals surface area contributed by atoms with Crippen LogP contribution in [-0.4, -0.2) is 0 Å². The molecular formula is C46H29NOS. The predicted molar refractivity (Wildman–Crippen MR) is 210 cm³/mol. The minimum atomic E-state index is 0.926. The van der Waals surface area contributed by atoms with Gasteiger partial charge in [-0.15, -0.1) is 11.3 Å². The molecule has 8 aromatic carbocycles. The zero-order valence-electron chi connectivity index (χ0n) is 26.5. The summed E-state index contributed by atoms with van der Waals surface area (Å²) >= 11 is 1.82. The van der Waals surface area contributed by atoms with Crippen LogP contribution in [-0.2, 0) is 0 Å². The van der Waals surface area contributed by atoms with Gasteiger partial charge in [0, 0.05) is 48.0 Å². The summed E-state index contributed by atoms with van der Waals surface area (Å²) in [5.41, 5.74) is 10.0. The second-order valence-electron chi connectivity index (χ2n) is 12.6. The van der Waals surface area contributed by atoms with E-state index in [0.29, 0.717) is 0 Å². The second-order valence-corrected chi connectivity index (χ2v) is 13.6. The molecule has 0 unspecified atom stereocenters. The Morgan fingerprint density at radius 3 is 1.55 bits per heavy atom. The molecule has 49 heavy (non-hydrogen) atoms. The molecule has 3 heteroatoms. The van der Waals surface area contributed by atoms with Gasteiger partial charge in [0.1, 0.15) is 11.2 Å². The summed E-state index contributed by atoms with van der Waals surface area (Å²) in [7, 11) is 0. The number of hydrogen-bond donors (Lipinski definition) is 0. The van der Waals surface area contributed by atoms with Gasteiger partial charge in [-0.3, -0.25) is 0 Å². The molecule has 0 atom stereocenters. The Labute approximate surface area is 287 Å². The number of nitrogens with zero attached hydrogens (tertiary/aromatic N) is 1. The average molecular weight is 644 g/mol. The highest BCUT2D eigenvalue weighted by molar-refractivity contribution is 7.26. The molecule has 0 bridgehead atoms. The van der Waals surface area contributed by atoms with Crippen molar-refractivity contribution in [1.29, 1.82) is 0 Å². The number of anilines is 3. The molecule has 10 aromatic rings. The quantitative estimate of drug-likeness (QED) is 0.186. The first-order chi connectivity index (χ1) is 24.3. The maximum absolute atomic E-state index is 6.71. The van der Waals surface area contributed by atoms with Crippen molar-refractivity contribution >= 4 is 81.3 Å². The van der Waals surface area contributed by atoms with Crippen LogP contribution in [0.2, 0.25) is 0 Å². The Morgan fingerprint density at radius 1 is 0.388 bits per heavy atom. The van der Waals surface area contributed by atoms with E-state index in [1.807, 2.05) is 11.3 Å². The van der Waals surface area contributed by atoms with Crippen molar-refractivity contribution in [2.75, 3.05) is 4.90 Å². The molecule has 0 saturated carbocycles. The first-order valence-electron chi connectivity index (χ1n) is 16.6. The lowest BCUT2D eigenvalue weighted by atomic mass is 10.0. The van der Waals surface area contributed by atoms with Crippen LogP contribution >= 0.6 is 11.3 Å². The lowest BCUT2D eigenvalue weighted by Gasteiger charge is -2.26. The highest BCUT2D eigenvalue weighted by Crippen LogP contribution is 2.45. The number of rotatable bonds is 5. The zero-order valence-corrected chi connectivity index (χ0v) is 27.3. The van der Waals surface area contributed by atoms with Crippen LogP contribution in [0, 0.1) is 0 Å². The van der Waals surface area contributed by atoms with Crippen LogP contribution in [0.25, 0.3) is 75.1 Å². The molecular weight excluding hydrogens is 615 g/mol. The Hall–Kier alpha value is -6.16. The minimum Gasteiger partial charge on any atom is -0.455 e. The molecule has 0 saturated heterocycles. The van der Waals surface area contributed by atoms with Gasteiger partial charge in [-0.05, 0) is 99.8 Å². The third-order valence-electron chi connectivity index (χ3n) is 9.65. The van der Waals surface area contributed by atoms with Crippen LogP contribution < -0.4 is 4.90 Å². The molecule has 0 aliphatic heterocycles. The van der Waals surface area contributed by atoms with Crippen molar-refractivity contribution in [1.82, 2.24) is 0 Å². The van der Waals surface area contributed by atoms with Gasteiger partial charge in [0.05, 0.1) is 0 Å². The van der Waals surface area contributed by atoms with Gasteiger partial charge in [0.15, 0.2) is 0 Å². The van der Waals surface area contributed by atoms with E-state index >= 15 is 0 Å². The van der Waals surface area contributed by atoms with E-state index < -0.39 is 0 Å². The highest BCUT2D eigenvalue weighted by atomic mass is 32.1. The fourth-order valence-corrected chi connectivity index (χ4v) is 8.31. The molecule has 0 spiro atoms. The Balaban J connectivity index is 1.16. The molecule has 230 valence electrons. The molecule has 2 nitrogen and oxygen atoms in total. The summed E-state index contributed by atoms with van der Waals surface area (Å²) in [6.07, 6.45) is 0. The SMILES string of the molecule is c1ccc(-c2ccc(N(c3ccc(-c4ccccc4)cc3)c3ccc4sc5ccc6c7cc8ccccc8cc7oc6c5c4c3)cc2)cc1. The first kappa shape index (κ1) is 27.9. The lowest BCUT2D eigenvalue weighted by Crippen LogP contribution is -2.09. The third-order valence-corrected chi connectivity index (χ3v) is 10.8. The van der Waals surface area contributed by atoms with Crippen LogP contribution in [0.4, 0.5) is 17.1 Å². The number of furan rings is 1. The molecule has 0 N–H and O–H groups in total. The van der Waals surface area contributed by atoms with Crippen molar-refractivity contribution in [3.8, 4) is 22.3 Å². The van der Waals surface area contributed by atoms with Crippen LogP contribution in [0.1, 0.15) is 0 Å². The number of benzene rings is 8. The van der Waals surface area contributed by atoms with Gasteiger partial charge < -0.3 is 9.32 Å². The monoisotopic (exact) mass is 643 g/mol. The number of hydrogen-bond acceptors (Lipinski definition) is 3. The first-order valence-corrected chi connectivity index (χ1v) is 17.4. The molecule has 0 fully saturated rings. The summed E-state index contributed by atoms with van der Waals surface area (Å²) < 4.78 is 9.19. The smallest absolute Gasteiger partial charge is 0.144 e. The van der Waals surface area contributed by atoms with E-state index in [1.165, 1.54) is 53.2 Å². The van der Waals surface area contributed by atoms with E-state index in [9.17, 15) is 0 Å². The zero-order chi connectivity index (χ0) is 32.3. The van der Waals surface area contributed by atoms with Crippen molar-refractivity contribution in [3.05, 3.63) is 176 Å². The Morgan fingerprint density at radius 2 is 0.918 bits per heavy atom. The van der Waals surface area contributed by atoms with E-state index in [-0.39, 0.29) is 0 Å². The van der Waals surface area contributed by atoms with Gasteiger partial charge in [-0.25, -0.2) is 0 Å². The Bertz CT molecular complexity index is 2710. The van der Waals surface area contributed by atoms with Crippen molar-refractivity contribution < 1.29 is 4.42 Å². The van der Waals surface area contributed by atoms with Crippen molar-refractivity contribution in [2.45, 2.75) is 0 Å². The van der Waals surface area contributed by atoms with E-state index in [1.54, 1.807) is 0 Å². The maximum atomic E-state index is 6.71. The largest absolute Gasteiger partial charge is 0.455 e. The average Bonchev–Trinajstić information content (AvgIpc) is 3.73. The molecule has 0 radical (unpaired) electrons. The number of thiophene rings is 1.